The summed E-state index contributed by atoms with van der Waals surface area (Å²) in [5, 5.41) is 6.10. The first-order valence-electron chi connectivity index (χ1n) is 10.9. The Morgan fingerprint density at radius 3 is 2.21 bits per heavy atom. The number of rotatable bonds is 9. The summed E-state index contributed by atoms with van der Waals surface area (Å²) in [7, 11) is -2.87. The molecule has 2 amide bonds. The molecule has 0 saturated carbocycles. The molecule has 2 N–H and O–H groups in total. The lowest BCUT2D eigenvalue weighted by molar-refractivity contribution is -0.137. The number of ether oxygens (including phenoxy) is 1. The number of nitrogens with zero attached hydrogens (tertiary/aromatic N) is 2. The summed E-state index contributed by atoms with van der Waals surface area (Å²) in [4.78, 5) is 23.7. The average molecular weight is 549 g/mol. The predicted molar refractivity (Wildman–Crippen MR) is 135 cm³/mol. The van der Waals surface area contributed by atoms with Gasteiger partial charge >= 0.3 is 6.18 Å². The maximum atomic E-state index is 13.5. The van der Waals surface area contributed by atoms with Gasteiger partial charge in [-0.1, -0.05) is 18.2 Å². The van der Waals surface area contributed by atoms with Crippen LogP contribution in [0.4, 0.5) is 24.5 Å². The first-order chi connectivity index (χ1) is 17.9. The Hall–Kier alpha value is -4.39. The van der Waals surface area contributed by atoms with Crippen LogP contribution in [0.25, 0.3) is 0 Å². The first-order valence-corrected chi connectivity index (χ1v) is 12.4. The monoisotopic (exact) mass is 548 g/mol. The maximum absolute atomic E-state index is 13.5. The number of anilines is 2. The minimum absolute atomic E-state index is 0.123. The van der Waals surface area contributed by atoms with Crippen molar-refractivity contribution in [3.63, 3.8) is 0 Å². The molecule has 0 atom stereocenters. The van der Waals surface area contributed by atoms with Crippen LogP contribution >= 0.6 is 0 Å². The molecule has 3 rings (SSSR count). The Bertz CT molecular complexity index is 1420. The van der Waals surface area contributed by atoms with Gasteiger partial charge in [-0.15, -0.1) is 0 Å². The number of hydrazone groups is 1. The SMILES string of the molecule is COc1ccc(N(CC(=O)NN=Cc2ccccc2C(F)(F)F)S(=O)(=O)c2ccc(NC(C)=O)cc2)cc1. The molecule has 0 heterocycles. The number of methoxy groups -OCH3 is 1. The lowest BCUT2D eigenvalue weighted by atomic mass is 10.1. The number of hydrogen-bond donors (Lipinski definition) is 2. The van der Waals surface area contributed by atoms with Gasteiger partial charge < -0.3 is 10.1 Å². The van der Waals surface area contributed by atoms with E-state index in [2.05, 4.69) is 15.8 Å². The lowest BCUT2D eigenvalue weighted by Crippen LogP contribution is -2.39. The third-order valence-electron chi connectivity index (χ3n) is 5.07. The van der Waals surface area contributed by atoms with E-state index >= 15 is 0 Å². The van der Waals surface area contributed by atoms with Crippen LogP contribution in [0.1, 0.15) is 18.1 Å². The molecule has 0 spiro atoms. The molecule has 0 fully saturated rings. The van der Waals surface area contributed by atoms with Crippen molar-refractivity contribution in [1.82, 2.24) is 5.43 Å². The Morgan fingerprint density at radius 2 is 1.63 bits per heavy atom. The van der Waals surface area contributed by atoms with E-state index in [0.717, 1.165) is 16.6 Å². The van der Waals surface area contributed by atoms with E-state index in [1.165, 1.54) is 80.8 Å². The molecule has 38 heavy (non-hydrogen) atoms. The molecule has 0 aliphatic heterocycles. The molecule has 0 saturated heterocycles. The van der Waals surface area contributed by atoms with Gasteiger partial charge in [0.25, 0.3) is 15.9 Å². The van der Waals surface area contributed by atoms with Crippen LogP contribution in [-0.4, -0.2) is 40.1 Å². The van der Waals surface area contributed by atoms with Crippen LogP contribution in [0.2, 0.25) is 0 Å². The van der Waals surface area contributed by atoms with Crippen molar-refractivity contribution >= 4 is 39.4 Å². The number of nitrogens with one attached hydrogen (secondary N) is 2. The number of benzene rings is 3. The van der Waals surface area contributed by atoms with Crippen molar-refractivity contribution < 1.29 is 35.9 Å². The molecular weight excluding hydrogens is 525 g/mol. The second kappa shape index (κ2) is 11.8. The highest BCUT2D eigenvalue weighted by molar-refractivity contribution is 7.92. The molecule has 3 aromatic rings. The molecule has 9 nitrogen and oxygen atoms in total. The van der Waals surface area contributed by atoms with E-state index < -0.39 is 34.2 Å². The fourth-order valence-electron chi connectivity index (χ4n) is 3.31. The second-order valence-electron chi connectivity index (χ2n) is 7.79. The van der Waals surface area contributed by atoms with Crippen LogP contribution in [0.3, 0.4) is 0 Å². The van der Waals surface area contributed by atoms with Crippen LogP contribution in [0, 0.1) is 0 Å². The third kappa shape index (κ3) is 7.09. The van der Waals surface area contributed by atoms with Crippen molar-refractivity contribution in [3.8, 4) is 5.75 Å². The van der Waals surface area contributed by atoms with Crippen molar-refractivity contribution in [2.75, 3.05) is 23.3 Å². The highest BCUT2D eigenvalue weighted by Crippen LogP contribution is 2.31. The number of alkyl halides is 3. The molecule has 200 valence electrons. The summed E-state index contributed by atoms with van der Waals surface area (Å²) < 4.78 is 72.4. The summed E-state index contributed by atoms with van der Waals surface area (Å²) in [6, 6.07) is 15.8. The zero-order valence-corrected chi connectivity index (χ0v) is 21.0. The number of sulfonamides is 1. The van der Waals surface area contributed by atoms with E-state index in [9.17, 15) is 31.2 Å². The fourth-order valence-corrected chi connectivity index (χ4v) is 4.73. The first kappa shape index (κ1) is 28.2. The van der Waals surface area contributed by atoms with Crippen molar-refractivity contribution in [2.45, 2.75) is 18.0 Å². The van der Waals surface area contributed by atoms with Crippen molar-refractivity contribution in [3.05, 3.63) is 83.9 Å². The minimum Gasteiger partial charge on any atom is -0.497 e. The summed E-state index contributed by atoms with van der Waals surface area (Å²) >= 11 is 0. The molecule has 0 aliphatic carbocycles. The number of amides is 2. The third-order valence-corrected chi connectivity index (χ3v) is 6.86. The standard InChI is InChI=1S/C25H23F3N4O5S/c1-17(33)30-19-7-13-22(14-8-19)38(35,36)32(20-9-11-21(37-2)12-10-20)16-24(34)31-29-15-18-5-3-4-6-23(18)25(26,27)28/h3-15H,16H2,1-2H3,(H,30,33)(H,31,34). The molecule has 13 heteroatoms. The average Bonchev–Trinajstić information content (AvgIpc) is 2.87. The normalized spacial score (nSPS) is 11.7. The zero-order valence-electron chi connectivity index (χ0n) is 20.2. The topological polar surface area (TPSA) is 117 Å². The van der Waals surface area contributed by atoms with Crippen molar-refractivity contribution in [2.24, 2.45) is 5.10 Å². The second-order valence-corrected chi connectivity index (χ2v) is 9.66. The summed E-state index contributed by atoms with van der Waals surface area (Å²) in [5.74, 6) is -0.793. The molecule has 0 bridgehead atoms. The van der Waals surface area contributed by atoms with Gasteiger partial charge in [-0.2, -0.15) is 18.3 Å². The number of hydrogen-bond acceptors (Lipinski definition) is 6. The van der Waals surface area contributed by atoms with Gasteiger partial charge in [-0.05, 0) is 54.6 Å². The largest absolute Gasteiger partial charge is 0.497 e. The number of carbonyl (C=O) groups excluding carboxylic acids is 2. The Labute approximate surface area is 217 Å². The van der Waals surface area contributed by atoms with Gasteiger partial charge in [0.05, 0.1) is 29.5 Å². The lowest BCUT2D eigenvalue weighted by Gasteiger charge is -2.24. The summed E-state index contributed by atoms with van der Waals surface area (Å²) in [6.07, 6.45) is -3.80. The molecule has 0 aliphatic rings. The van der Waals surface area contributed by atoms with Gasteiger partial charge in [0.1, 0.15) is 12.3 Å². The van der Waals surface area contributed by atoms with Crippen LogP contribution < -0.4 is 19.8 Å². The van der Waals surface area contributed by atoms with Gasteiger partial charge in [-0.3, -0.25) is 13.9 Å². The Morgan fingerprint density at radius 1 is 1.00 bits per heavy atom. The Kier molecular flexibility index (Phi) is 8.73. The van der Waals surface area contributed by atoms with E-state index in [4.69, 9.17) is 4.74 Å². The summed E-state index contributed by atoms with van der Waals surface area (Å²) in [6.45, 7) is 0.569. The Balaban J connectivity index is 1.87. The fraction of sp³-hybridized carbons (Fsp3) is 0.160. The van der Waals surface area contributed by atoms with E-state index in [-0.39, 0.29) is 22.1 Å². The number of carbonyl (C=O) groups is 2. The van der Waals surface area contributed by atoms with Crippen molar-refractivity contribution in [1.29, 1.82) is 0 Å². The molecule has 3 aromatic carbocycles. The predicted octanol–water partition coefficient (Wildman–Crippen LogP) is 4.02. The zero-order chi connectivity index (χ0) is 27.9. The molecule has 0 radical (unpaired) electrons. The van der Waals surface area contributed by atoms with E-state index in [0.29, 0.717) is 11.4 Å². The molecule has 0 aromatic heterocycles. The van der Waals surface area contributed by atoms with Gasteiger partial charge in [0.2, 0.25) is 5.91 Å². The van der Waals surface area contributed by atoms with Gasteiger partial charge in [-0.25, -0.2) is 13.8 Å². The van der Waals surface area contributed by atoms with Crippen LogP contribution in [0.15, 0.2) is 82.8 Å². The highest BCUT2D eigenvalue weighted by atomic mass is 32.2. The smallest absolute Gasteiger partial charge is 0.417 e. The van der Waals surface area contributed by atoms with E-state index in [1.807, 2.05) is 0 Å². The highest BCUT2D eigenvalue weighted by Gasteiger charge is 2.32. The quantitative estimate of drug-likeness (QED) is 0.310. The summed E-state index contributed by atoms with van der Waals surface area (Å²) in [5.41, 5.74) is 1.35. The van der Waals surface area contributed by atoms with Gasteiger partial charge in [0, 0.05) is 18.2 Å². The van der Waals surface area contributed by atoms with E-state index in [1.54, 1.807) is 0 Å². The molecule has 0 unspecified atom stereocenters. The maximum Gasteiger partial charge on any atom is 0.417 e. The van der Waals surface area contributed by atoms with Crippen LogP contribution in [0.5, 0.6) is 5.75 Å². The number of halogens is 3. The van der Waals surface area contributed by atoms with Crippen LogP contribution in [-0.2, 0) is 25.8 Å². The van der Waals surface area contributed by atoms with Gasteiger partial charge in [0.15, 0.2) is 0 Å². The molecular formula is C25H23F3N4O5S. The minimum atomic E-state index is -4.62.